The number of hydrogen-bond donors (Lipinski definition) is 2. The second kappa shape index (κ2) is 6.93. The molecule has 0 radical (unpaired) electrons. The molecule has 5 nitrogen and oxygen atoms in total. The third kappa shape index (κ3) is 6.63. The first kappa shape index (κ1) is 17.8. The summed E-state index contributed by atoms with van der Waals surface area (Å²) in [5.41, 5.74) is -0.243. The van der Waals surface area contributed by atoms with Gasteiger partial charge >= 0.3 is 6.36 Å². The van der Waals surface area contributed by atoms with Crippen molar-refractivity contribution in [2.24, 2.45) is 0 Å². The van der Waals surface area contributed by atoms with E-state index in [2.05, 4.69) is 20.3 Å². The van der Waals surface area contributed by atoms with Gasteiger partial charge in [-0.3, -0.25) is 0 Å². The van der Waals surface area contributed by atoms with Gasteiger partial charge in [0, 0.05) is 11.4 Å². The Bertz CT molecular complexity index is 639. The van der Waals surface area contributed by atoms with Crippen molar-refractivity contribution in [3.8, 4) is 5.75 Å². The summed E-state index contributed by atoms with van der Waals surface area (Å²) in [6, 6.07) is 5.32. The lowest BCUT2D eigenvalue weighted by Crippen LogP contribution is -2.21. The van der Waals surface area contributed by atoms with Crippen molar-refractivity contribution in [3.63, 3.8) is 0 Å². The lowest BCUT2D eigenvalue weighted by Gasteiger charge is -2.14. The fourth-order valence-corrected chi connectivity index (χ4v) is 3.14. The van der Waals surface area contributed by atoms with E-state index in [-0.39, 0.29) is 5.75 Å². The normalized spacial score (nSPS) is 12.3. The summed E-state index contributed by atoms with van der Waals surface area (Å²) in [6.07, 6.45) is -4.71. The number of halogens is 3. The molecule has 0 fully saturated rings. The third-order valence-corrected chi connectivity index (χ3v) is 4.71. The maximum absolute atomic E-state index is 12.1. The highest BCUT2D eigenvalue weighted by Gasteiger charge is 2.30. The Labute approximate surface area is 138 Å². The van der Waals surface area contributed by atoms with Crippen molar-refractivity contribution in [1.29, 1.82) is 0 Å². The topological polar surface area (TPSA) is 67.3 Å². The molecular weight excluding hydrogens is 351 g/mol. The van der Waals surface area contributed by atoms with E-state index >= 15 is 0 Å². The van der Waals surface area contributed by atoms with Crippen molar-refractivity contribution in [2.45, 2.75) is 30.2 Å². The molecule has 0 bridgehead atoms. The van der Waals surface area contributed by atoms with Gasteiger partial charge in [-0.15, -0.1) is 23.4 Å². The third-order valence-electron chi connectivity index (χ3n) is 2.29. The SMILES string of the molecule is CC(C)(O)CSc1nnc(Nc2ccc(OC(F)(F)F)cc2)s1. The summed E-state index contributed by atoms with van der Waals surface area (Å²) in [5, 5.41) is 21.0. The molecule has 2 N–H and O–H groups in total. The van der Waals surface area contributed by atoms with Crippen LogP contribution in [-0.4, -0.2) is 33.0 Å². The minimum atomic E-state index is -4.71. The van der Waals surface area contributed by atoms with Crippen LogP contribution in [-0.2, 0) is 0 Å². The maximum Gasteiger partial charge on any atom is 0.573 e. The second-order valence-electron chi connectivity index (χ2n) is 5.17. The van der Waals surface area contributed by atoms with E-state index in [0.29, 0.717) is 20.9 Å². The number of benzene rings is 1. The minimum Gasteiger partial charge on any atom is -0.406 e. The maximum atomic E-state index is 12.1. The van der Waals surface area contributed by atoms with Gasteiger partial charge in [0.1, 0.15) is 5.75 Å². The highest BCUT2D eigenvalue weighted by molar-refractivity contribution is 8.01. The fraction of sp³-hybridized carbons (Fsp3) is 0.385. The average Bonchev–Trinajstić information content (AvgIpc) is 2.84. The average molecular weight is 365 g/mol. The van der Waals surface area contributed by atoms with Crippen molar-refractivity contribution >= 4 is 33.9 Å². The first-order chi connectivity index (χ1) is 10.6. The molecule has 0 atom stereocenters. The highest BCUT2D eigenvalue weighted by Crippen LogP contribution is 2.30. The Morgan fingerprint density at radius 3 is 2.43 bits per heavy atom. The molecule has 1 aromatic heterocycles. The number of aromatic nitrogens is 2. The molecule has 0 amide bonds. The van der Waals surface area contributed by atoms with E-state index in [4.69, 9.17) is 0 Å². The van der Waals surface area contributed by atoms with Crippen molar-refractivity contribution in [2.75, 3.05) is 11.1 Å². The van der Waals surface area contributed by atoms with Crippen molar-refractivity contribution in [3.05, 3.63) is 24.3 Å². The number of rotatable bonds is 6. The van der Waals surface area contributed by atoms with E-state index < -0.39 is 12.0 Å². The van der Waals surface area contributed by atoms with Gasteiger partial charge in [0.05, 0.1) is 5.60 Å². The van der Waals surface area contributed by atoms with E-state index in [9.17, 15) is 18.3 Å². The van der Waals surface area contributed by atoms with Crippen LogP contribution in [0.15, 0.2) is 28.6 Å². The van der Waals surface area contributed by atoms with Gasteiger partial charge in [-0.2, -0.15) is 0 Å². The van der Waals surface area contributed by atoms with Crippen LogP contribution in [0, 0.1) is 0 Å². The molecule has 2 rings (SSSR count). The van der Waals surface area contributed by atoms with Gasteiger partial charge in [-0.1, -0.05) is 23.1 Å². The number of thioether (sulfide) groups is 1. The summed E-state index contributed by atoms with van der Waals surface area (Å²) in [6.45, 7) is 3.40. The number of ether oxygens (including phenoxy) is 1. The first-order valence-electron chi connectivity index (χ1n) is 6.42. The molecule has 0 aliphatic rings. The first-order valence-corrected chi connectivity index (χ1v) is 8.22. The minimum absolute atomic E-state index is 0.290. The smallest absolute Gasteiger partial charge is 0.406 e. The molecule has 23 heavy (non-hydrogen) atoms. The standard InChI is InChI=1S/C13H14F3N3O2S2/c1-12(2,20)7-22-11-19-18-10(23-11)17-8-3-5-9(6-4-8)21-13(14,15)16/h3-6,20H,7H2,1-2H3,(H,17,18). The Morgan fingerprint density at radius 1 is 1.22 bits per heavy atom. The lowest BCUT2D eigenvalue weighted by molar-refractivity contribution is -0.274. The molecule has 0 saturated carbocycles. The van der Waals surface area contributed by atoms with Crippen LogP contribution in [0.5, 0.6) is 5.75 Å². The summed E-state index contributed by atoms with van der Waals surface area (Å²) < 4.78 is 40.7. The predicted octanol–water partition coefficient (Wildman–Crippen LogP) is 4.04. The Kier molecular flexibility index (Phi) is 5.37. The van der Waals surface area contributed by atoms with E-state index in [0.717, 1.165) is 0 Å². The second-order valence-corrected chi connectivity index (χ2v) is 7.37. The van der Waals surface area contributed by atoms with Crippen LogP contribution in [0.3, 0.4) is 0 Å². The van der Waals surface area contributed by atoms with E-state index in [1.165, 1.54) is 47.4 Å². The Balaban J connectivity index is 1.93. The monoisotopic (exact) mass is 365 g/mol. The highest BCUT2D eigenvalue weighted by atomic mass is 32.2. The Morgan fingerprint density at radius 2 is 1.87 bits per heavy atom. The van der Waals surface area contributed by atoms with Crippen molar-refractivity contribution in [1.82, 2.24) is 10.2 Å². The van der Waals surface area contributed by atoms with Gasteiger partial charge < -0.3 is 15.2 Å². The van der Waals surface area contributed by atoms with Crippen LogP contribution in [0.1, 0.15) is 13.8 Å². The van der Waals surface area contributed by atoms with Gasteiger partial charge in [0.2, 0.25) is 5.13 Å². The zero-order valence-electron chi connectivity index (χ0n) is 12.2. The summed E-state index contributed by atoms with van der Waals surface area (Å²) in [4.78, 5) is 0. The number of alkyl halides is 3. The lowest BCUT2D eigenvalue weighted by atomic mass is 10.2. The van der Waals surface area contributed by atoms with Crippen LogP contribution < -0.4 is 10.1 Å². The summed E-state index contributed by atoms with van der Waals surface area (Å²) >= 11 is 2.67. The molecule has 0 aliphatic carbocycles. The van der Waals surface area contributed by atoms with Crippen LogP contribution in [0.2, 0.25) is 0 Å². The number of hydrogen-bond acceptors (Lipinski definition) is 7. The molecule has 0 aliphatic heterocycles. The van der Waals surface area contributed by atoms with Crippen LogP contribution >= 0.6 is 23.1 Å². The number of nitrogens with zero attached hydrogens (tertiary/aromatic N) is 2. The van der Waals surface area contributed by atoms with E-state index in [1.54, 1.807) is 13.8 Å². The molecule has 0 spiro atoms. The quantitative estimate of drug-likeness (QED) is 0.753. The van der Waals surface area contributed by atoms with Gasteiger partial charge in [0.15, 0.2) is 4.34 Å². The number of nitrogens with one attached hydrogen (secondary N) is 1. The van der Waals surface area contributed by atoms with Gasteiger partial charge in [-0.25, -0.2) is 0 Å². The van der Waals surface area contributed by atoms with Crippen molar-refractivity contribution < 1.29 is 23.0 Å². The zero-order chi connectivity index (χ0) is 17.1. The molecular formula is C13H14F3N3O2S2. The van der Waals surface area contributed by atoms with Gasteiger partial charge in [-0.05, 0) is 38.1 Å². The molecule has 10 heteroatoms. The molecule has 0 saturated heterocycles. The molecule has 126 valence electrons. The Hall–Kier alpha value is -1.52. The summed E-state index contributed by atoms with van der Waals surface area (Å²) in [7, 11) is 0. The van der Waals surface area contributed by atoms with Gasteiger partial charge in [0.25, 0.3) is 0 Å². The van der Waals surface area contributed by atoms with E-state index in [1.807, 2.05) is 0 Å². The summed E-state index contributed by atoms with van der Waals surface area (Å²) in [5.74, 6) is 0.187. The molecule has 1 heterocycles. The number of aliphatic hydroxyl groups is 1. The fourth-order valence-electron chi connectivity index (χ4n) is 1.42. The largest absolute Gasteiger partial charge is 0.573 e. The molecule has 0 unspecified atom stereocenters. The number of anilines is 2. The van der Waals surface area contributed by atoms with Crippen LogP contribution in [0.25, 0.3) is 0 Å². The zero-order valence-corrected chi connectivity index (χ0v) is 13.8. The molecule has 2 aromatic rings. The molecule has 1 aromatic carbocycles. The van der Waals surface area contributed by atoms with Crippen LogP contribution in [0.4, 0.5) is 24.0 Å². The predicted molar refractivity (Wildman–Crippen MR) is 83.3 cm³/mol.